The first-order valence-electron chi connectivity index (χ1n) is 6.39. The van der Waals surface area contributed by atoms with Crippen LogP contribution in [0.25, 0.3) is 0 Å². The number of hydrogen-bond acceptors (Lipinski definition) is 2. The standard InChI is InChI=1S/C14H21IN2/c1-10(2)7-8-17(12-4-5-12)14-6-3-11(15)9-13(14)16/h3,6,9-10,12H,4-5,7-8,16H2,1-2H3. The number of anilines is 2. The fraction of sp³-hybridized carbons (Fsp3) is 0.571. The van der Waals surface area contributed by atoms with Gasteiger partial charge in [0.2, 0.25) is 0 Å². The summed E-state index contributed by atoms with van der Waals surface area (Å²) in [7, 11) is 0. The van der Waals surface area contributed by atoms with Crippen LogP contribution in [0.15, 0.2) is 18.2 Å². The van der Waals surface area contributed by atoms with Gasteiger partial charge < -0.3 is 10.6 Å². The Kier molecular flexibility index (Phi) is 4.17. The third-order valence-corrected chi connectivity index (χ3v) is 3.90. The summed E-state index contributed by atoms with van der Waals surface area (Å²) in [5.41, 5.74) is 8.30. The highest BCUT2D eigenvalue weighted by atomic mass is 127. The van der Waals surface area contributed by atoms with Gasteiger partial charge in [-0.1, -0.05) is 13.8 Å². The van der Waals surface area contributed by atoms with E-state index in [1.807, 2.05) is 0 Å². The minimum atomic E-state index is 0.733. The lowest BCUT2D eigenvalue weighted by atomic mass is 10.1. The predicted octanol–water partition coefficient (Wildman–Crippen LogP) is 3.89. The monoisotopic (exact) mass is 344 g/mol. The maximum atomic E-state index is 6.15. The first-order chi connectivity index (χ1) is 8.08. The van der Waals surface area contributed by atoms with Crippen molar-refractivity contribution in [1.82, 2.24) is 0 Å². The third-order valence-electron chi connectivity index (χ3n) is 3.23. The molecule has 2 rings (SSSR count). The van der Waals surface area contributed by atoms with Crippen molar-refractivity contribution in [2.75, 3.05) is 17.2 Å². The summed E-state index contributed by atoms with van der Waals surface area (Å²) < 4.78 is 1.21. The fourth-order valence-corrected chi connectivity index (χ4v) is 2.59. The van der Waals surface area contributed by atoms with Gasteiger partial charge in [-0.2, -0.15) is 0 Å². The van der Waals surface area contributed by atoms with E-state index < -0.39 is 0 Å². The normalized spacial score (nSPS) is 15.3. The molecule has 3 heteroatoms. The minimum absolute atomic E-state index is 0.733. The maximum absolute atomic E-state index is 6.15. The van der Waals surface area contributed by atoms with Gasteiger partial charge in [0, 0.05) is 16.2 Å². The zero-order valence-corrected chi connectivity index (χ0v) is 12.8. The van der Waals surface area contributed by atoms with Gasteiger partial charge >= 0.3 is 0 Å². The van der Waals surface area contributed by atoms with E-state index in [0.717, 1.165) is 24.2 Å². The zero-order chi connectivity index (χ0) is 12.4. The smallest absolute Gasteiger partial charge is 0.0603 e. The summed E-state index contributed by atoms with van der Waals surface area (Å²) in [5.74, 6) is 0.751. The highest BCUT2D eigenvalue weighted by molar-refractivity contribution is 14.1. The molecule has 0 aromatic heterocycles. The topological polar surface area (TPSA) is 29.3 Å². The molecule has 1 aromatic carbocycles. The molecule has 1 aliphatic rings. The molecule has 0 bridgehead atoms. The molecule has 0 radical (unpaired) electrons. The van der Waals surface area contributed by atoms with E-state index in [1.54, 1.807) is 0 Å². The van der Waals surface area contributed by atoms with E-state index in [0.29, 0.717) is 0 Å². The largest absolute Gasteiger partial charge is 0.397 e. The molecule has 1 aliphatic carbocycles. The SMILES string of the molecule is CC(C)CCN(c1ccc(I)cc1N)C1CC1. The van der Waals surface area contributed by atoms with Crippen LogP contribution in [-0.4, -0.2) is 12.6 Å². The van der Waals surface area contributed by atoms with Gasteiger partial charge in [-0.15, -0.1) is 0 Å². The summed E-state index contributed by atoms with van der Waals surface area (Å²) in [6.07, 6.45) is 3.88. The van der Waals surface area contributed by atoms with Crippen molar-refractivity contribution in [3.8, 4) is 0 Å². The molecule has 0 spiro atoms. The highest BCUT2D eigenvalue weighted by Gasteiger charge is 2.29. The van der Waals surface area contributed by atoms with E-state index in [2.05, 4.69) is 59.5 Å². The Morgan fingerprint density at radius 2 is 2.12 bits per heavy atom. The summed E-state index contributed by atoms with van der Waals surface area (Å²) in [4.78, 5) is 2.51. The Labute approximate surface area is 118 Å². The molecular formula is C14H21IN2. The van der Waals surface area contributed by atoms with Gasteiger partial charge in [0.1, 0.15) is 0 Å². The number of nitrogens with two attached hydrogens (primary N) is 1. The van der Waals surface area contributed by atoms with E-state index in [9.17, 15) is 0 Å². The lowest BCUT2D eigenvalue weighted by molar-refractivity contribution is 0.571. The number of nitrogens with zero attached hydrogens (tertiary/aromatic N) is 1. The molecule has 2 nitrogen and oxygen atoms in total. The molecule has 0 aliphatic heterocycles. The molecule has 0 saturated heterocycles. The van der Waals surface area contributed by atoms with Crippen molar-refractivity contribution in [1.29, 1.82) is 0 Å². The van der Waals surface area contributed by atoms with Crippen LogP contribution < -0.4 is 10.6 Å². The van der Waals surface area contributed by atoms with Gasteiger partial charge in [-0.3, -0.25) is 0 Å². The maximum Gasteiger partial charge on any atom is 0.0603 e. The van der Waals surface area contributed by atoms with Crippen molar-refractivity contribution in [3.05, 3.63) is 21.8 Å². The van der Waals surface area contributed by atoms with Crippen LogP contribution >= 0.6 is 22.6 Å². The van der Waals surface area contributed by atoms with E-state index in [1.165, 1.54) is 28.5 Å². The molecule has 0 heterocycles. The molecule has 17 heavy (non-hydrogen) atoms. The number of halogens is 1. The summed E-state index contributed by atoms with van der Waals surface area (Å²) in [6, 6.07) is 7.13. The van der Waals surface area contributed by atoms with Gasteiger partial charge in [-0.05, 0) is 66.0 Å². The van der Waals surface area contributed by atoms with Gasteiger partial charge in [0.25, 0.3) is 0 Å². The van der Waals surface area contributed by atoms with Crippen LogP contribution in [0.4, 0.5) is 11.4 Å². The highest BCUT2D eigenvalue weighted by Crippen LogP contribution is 2.35. The number of hydrogen-bond donors (Lipinski definition) is 1. The van der Waals surface area contributed by atoms with Crippen LogP contribution in [0.3, 0.4) is 0 Å². The van der Waals surface area contributed by atoms with Crippen LogP contribution in [0.1, 0.15) is 33.1 Å². The molecule has 0 unspecified atom stereocenters. The van der Waals surface area contributed by atoms with Crippen molar-refractivity contribution >= 4 is 34.0 Å². The van der Waals surface area contributed by atoms with Crippen LogP contribution in [-0.2, 0) is 0 Å². The number of rotatable bonds is 5. The second-order valence-corrected chi connectivity index (χ2v) is 6.56. The van der Waals surface area contributed by atoms with Gasteiger partial charge in [0.05, 0.1) is 11.4 Å². The molecule has 1 saturated carbocycles. The summed E-state index contributed by atoms with van der Waals surface area (Å²) >= 11 is 2.31. The second kappa shape index (κ2) is 5.46. The third kappa shape index (κ3) is 3.50. The fourth-order valence-electron chi connectivity index (χ4n) is 2.07. The zero-order valence-electron chi connectivity index (χ0n) is 10.6. The quantitative estimate of drug-likeness (QED) is 0.649. The van der Waals surface area contributed by atoms with E-state index >= 15 is 0 Å². The van der Waals surface area contributed by atoms with Crippen molar-refractivity contribution < 1.29 is 0 Å². The Morgan fingerprint density at radius 1 is 1.41 bits per heavy atom. The molecular weight excluding hydrogens is 323 g/mol. The molecule has 0 amide bonds. The Morgan fingerprint density at radius 3 is 2.65 bits per heavy atom. The number of benzene rings is 1. The Balaban J connectivity index is 2.14. The predicted molar refractivity (Wildman–Crippen MR) is 83.4 cm³/mol. The van der Waals surface area contributed by atoms with Crippen LogP contribution in [0.2, 0.25) is 0 Å². The van der Waals surface area contributed by atoms with Crippen molar-refractivity contribution in [2.24, 2.45) is 5.92 Å². The van der Waals surface area contributed by atoms with Crippen LogP contribution in [0.5, 0.6) is 0 Å². The minimum Gasteiger partial charge on any atom is -0.397 e. The van der Waals surface area contributed by atoms with Gasteiger partial charge in [0.15, 0.2) is 0 Å². The average Bonchev–Trinajstić information content (AvgIpc) is 3.04. The van der Waals surface area contributed by atoms with Crippen LogP contribution in [0, 0.1) is 9.49 Å². The number of nitrogen functional groups attached to an aromatic ring is 1. The lowest BCUT2D eigenvalue weighted by Gasteiger charge is -2.27. The first-order valence-corrected chi connectivity index (χ1v) is 7.47. The summed E-state index contributed by atoms with van der Waals surface area (Å²) in [6.45, 7) is 5.69. The van der Waals surface area contributed by atoms with Crippen molar-refractivity contribution in [3.63, 3.8) is 0 Å². The second-order valence-electron chi connectivity index (χ2n) is 5.31. The molecule has 2 N–H and O–H groups in total. The van der Waals surface area contributed by atoms with Gasteiger partial charge in [-0.25, -0.2) is 0 Å². The summed E-state index contributed by atoms with van der Waals surface area (Å²) in [5, 5.41) is 0. The van der Waals surface area contributed by atoms with E-state index in [-0.39, 0.29) is 0 Å². The Hall–Kier alpha value is -0.450. The Bertz CT molecular complexity index is 386. The molecule has 0 atom stereocenters. The average molecular weight is 344 g/mol. The molecule has 1 fully saturated rings. The molecule has 1 aromatic rings. The van der Waals surface area contributed by atoms with Crippen molar-refractivity contribution in [2.45, 2.75) is 39.2 Å². The van der Waals surface area contributed by atoms with E-state index in [4.69, 9.17) is 5.73 Å². The lowest BCUT2D eigenvalue weighted by Crippen LogP contribution is -2.28. The molecule has 94 valence electrons. The first kappa shape index (κ1) is 13.0.